The summed E-state index contributed by atoms with van der Waals surface area (Å²) in [7, 11) is 0. The van der Waals surface area contributed by atoms with Crippen molar-refractivity contribution in [3.05, 3.63) is 29.6 Å². The van der Waals surface area contributed by atoms with E-state index in [0.29, 0.717) is 6.04 Å². The largest absolute Gasteiger partial charge is 0.381 e. The number of benzene rings is 1. The summed E-state index contributed by atoms with van der Waals surface area (Å²) in [5.74, 6) is 1.95. The number of nitrogens with one attached hydrogen (secondary N) is 1. The molecule has 4 heteroatoms. The minimum Gasteiger partial charge on any atom is -0.381 e. The third kappa shape index (κ3) is 2.77. The molecule has 1 unspecified atom stereocenters. The molecule has 22 heavy (non-hydrogen) atoms. The molecular formula is C18H25N3O. The van der Waals surface area contributed by atoms with Gasteiger partial charge in [-0.3, -0.25) is 4.90 Å². The molecule has 0 saturated carbocycles. The molecule has 0 aliphatic carbocycles. The first-order chi connectivity index (χ1) is 10.8. The predicted molar refractivity (Wildman–Crippen MR) is 87.9 cm³/mol. The molecule has 1 aromatic carbocycles. The number of hydrogen-bond acceptors (Lipinski definition) is 3. The SMILES string of the molecule is Cc1ccc2nc(C3CCCN3CC3CCOCC3)[nH]c2c1. The maximum atomic E-state index is 5.49. The molecule has 2 aromatic rings. The molecule has 118 valence electrons. The van der Waals surface area contributed by atoms with E-state index in [4.69, 9.17) is 9.72 Å². The smallest absolute Gasteiger partial charge is 0.124 e. The number of likely N-dealkylation sites (tertiary alicyclic amines) is 1. The molecule has 1 N–H and O–H groups in total. The van der Waals surface area contributed by atoms with Crippen LogP contribution in [0.3, 0.4) is 0 Å². The third-order valence-corrected chi connectivity index (χ3v) is 5.17. The summed E-state index contributed by atoms with van der Waals surface area (Å²) in [6.07, 6.45) is 4.93. The maximum absolute atomic E-state index is 5.49. The summed E-state index contributed by atoms with van der Waals surface area (Å²) < 4.78 is 5.49. The van der Waals surface area contributed by atoms with Crippen molar-refractivity contribution in [3.8, 4) is 0 Å². The summed E-state index contributed by atoms with van der Waals surface area (Å²) in [5, 5.41) is 0. The van der Waals surface area contributed by atoms with Crippen molar-refractivity contribution in [1.82, 2.24) is 14.9 Å². The average Bonchev–Trinajstić information content (AvgIpc) is 3.14. The molecule has 4 rings (SSSR count). The quantitative estimate of drug-likeness (QED) is 0.944. The highest BCUT2D eigenvalue weighted by molar-refractivity contribution is 5.75. The molecular weight excluding hydrogens is 274 g/mol. The van der Waals surface area contributed by atoms with Gasteiger partial charge < -0.3 is 9.72 Å². The predicted octanol–water partition coefficient (Wildman–Crippen LogP) is 3.43. The van der Waals surface area contributed by atoms with Crippen molar-refractivity contribution >= 4 is 11.0 Å². The molecule has 0 bridgehead atoms. The summed E-state index contributed by atoms with van der Waals surface area (Å²) in [5.41, 5.74) is 3.56. The first-order valence-electron chi connectivity index (χ1n) is 8.57. The molecule has 4 nitrogen and oxygen atoms in total. The van der Waals surface area contributed by atoms with E-state index in [9.17, 15) is 0 Å². The van der Waals surface area contributed by atoms with Crippen LogP contribution in [0.2, 0.25) is 0 Å². The van der Waals surface area contributed by atoms with Crippen molar-refractivity contribution in [2.45, 2.75) is 38.6 Å². The van der Waals surface area contributed by atoms with E-state index in [-0.39, 0.29) is 0 Å². The van der Waals surface area contributed by atoms with Gasteiger partial charge in [-0.05, 0) is 62.8 Å². The Morgan fingerprint density at radius 3 is 3.00 bits per heavy atom. The lowest BCUT2D eigenvalue weighted by atomic mass is 9.99. The lowest BCUT2D eigenvalue weighted by Gasteiger charge is -2.30. The normalized spacial score (nSPS) is 24.3. The molecule has 2 saturated heterocycles. The van der Waals surface area contributed by atoms with Crippen molar-refractivity contribution in [3.63, 3.8) is 0 Å². The second kappa shape index (κ2) is 6.01. The van der Waals surface area contributed by atoms with E-state index >= 15 is 0 Å². The van der Waals surface area contributed by atoms with E-state index in [0.717, 1.165) is 30.5 Å². The standard InChI is InChI=1S/C18H25N3O/c1-13-4-5-15-16(11-13)20-18(19-15)17-3-2-8-21(17)12-14-6-9-22-10-7-14/h4-5,11,14,17H,2-3,6-10,12H2,1H3,(H,19,20). The first-order valence-corrected chi connectivity index (χ1v) is 8.57. The van der Waals surface area contributed by atoms with Gasteiger partial charge in [0.2, 0.25) is 0 Å². The van der Waals surface area contributed by atoms with E-state index in [2.05, 4.69) is 35.0 Å². The molecule has 0 spiro atoms. The topological polar surface area (TPSA) is 41.2 Å². The van der Waals surface area contributed by atoms with Crippen LogP contribution in [0.25, 0.3) is 11.0 Å². The Morgan fingerprint density at radius 1 is 1.27 bits per heavy atom. The number of ether oxygens (including phenoxy) is 1. The number of aryl methyl sites for hydroxylation is 1. The van der Waals surface area contributed by atoms with E-state index in [1.807, 2.05) is 0 Å². The van der Waals surface area contributed by atoms with Crippen molar-refractivity contribution in [1.29, 1.82) is 0 Å². The monoisotopic (exact) mass is 299 g/mol. The first kappa shape index (κ1) is 14.2. The fraction of sp³-hybridized carbons (Fsp3) is 0.611. The minimum absolute atomic E-state index is 0.468. The van der Waals surface area contributed by atoms with Gasteiger partial charge in [0.15, 0.2) is 0 Å². The number of nitrogens with zero attached hydrogens (tertiary/aromatic N) is 2. The lowest BCUT2D eigenvalue weighted by Crippen LogP contribution is -2.32. The van der Waals surface area contributed by atoms with Crippen LogP contribution in [0.1, 0.15) is 43.1 Å². The number of fused-ring (bicyclic) bond motifs is 1. The Hall–Kier alpha value is -1.39. The van der Waals surface area contributed by atoms with Gasteiger partial charge in [0.05, 0.1) is 17.1 Å². The van der Waals surface area contributed by atoms with Crippen LogP contribution in [0.4, 0.5) is 0 Å². The highest BCUT2D eigenvalue weighted by Gasteiger charge is 2.30. The summed E-state index contributed by atoms with van der Waals surface area (Å²) >= 11 is 0. The number of H-pyrrole nitrogens is 1. The summed E-state index contributed by atoms with van der Waals surface area (Å²) in [6.45, 7) is 6.41. The van der Waals surface area contributed by atoms with E-state index in [1.54, 1.807) is 0 Å². The second-order valence-electron chi connectivity index (χ2n) is 6.85. The molecule has 0 radical (unpaired) electrons. The molecule has 2 aliphatic rings. The minimum atomic E-state index is 0.468. The van der Waals surface area contributed by atoms with Crippen LogP contribution in [0.5, 0.6) is 0 Å². The van der Waals surface area contributed by atoms with Gasteiger partial charge in [0.25, 0.3) is 0 Å². The molecule has 2 fully saturated rings. The number of imidazole rings is 1. The van der Waals surface area contributed by atoms with Crippen molar-refractivity contribution in [2.75, 3.05) is 26.3 Å². The van der Waals surface area contributed by atoms with Crippen LogP contribution < -0.4 is 0 Å². The van der Waals surface area contributed by atoms with Crippen LogP contribution >= 0.6 is 0 Å². The van der Waals surface area contributed by atoms with Crippen LogP contribution in [0.15, 0.2) is 18.2 Å². The van der Waals surface area contributed by atoms with Gasteiger partial charge in [0.1, 0.15) is 5.82 Å². The molecule has 1 aromatic heterocycles. The Balaban J connectivity index is 1.53. The average molecular weight is 299 g/mol. The van der Waals surface area contributed by atoms with Crippen LogP contribution in [-0.2, 0) is 4.74 Å². The Labute approximate surface area is 131 Å². The molecule has 0 amide bonds. The van der Waals surface area contributed by atoms with Gasteiger partial charge in [-0.1, -0.05) is 6.07 Å². The highest BCUT2D eigenvalue weighted by Crippen LogP contribution is 2.33. The molecule has 1 atom stereocenters. The Bertz CT molecular complexity index is 645. The zero-order valence-electron chi connectivity index (χ0n) is 13.3. The number of hydrogen-bond donors (Lipinski definition) is 1. The number of rotatable bonds is 3. The Kier molecular flexibility index (Phi) is 3.89. The second-order valence-corrected chi connectivity index (χ2v) is 6.85. The van der Waals surface area contributed by atoms with Crippen molar-refractivity contribution in [2.24, 2.45) is 5.92 Å². The van der Waals surface area contributed by atoms with Gasteiger partial charge in [-0.2, -0.15) is 0 Å². The Morgan fingerprint density at radius 2 is 2.14 bits per heavy atom. The fourth-order valence-corrected chi connectivity index (χ4v) is 3.92. The zero-order valence-corrected chi connectivity index (χ0v) is 13.3. The van der Waals surface area contributed by atoms with Gasteiger partial charge in [-0.25, -0.2) is 4.98 Å². The van der Waals surface area contributed by atoms with Gasteiger partial charge >= 0.3 is 0 Å². The van der Waals surface area contributed by atoms with Crippen LogP contribution in [0, 0.1) is 12.8 Å². The summed E-state index contributed by atoms with van der Waals surface area (Å²) in [4.78, 5) is 11.1. The maximum Gasteiger partial charge on any atom is 0.124 e. The lowest BCUT2D eigenvalue weighted by molar-refractivity contribution is 0.0502. The number of aromatic amines is 1. The summed E-state index contributed by atoms with van der Waals surface area (Å²) in [6, 6.07) is 6.93. The highest BCUT2D eigenvalue weighted by atomic mass is 16.5. The fourth-order valence-electron chi connectivity index (χ4n) is 3.92. The molecule has 2 aliphatic heterocycles. The van der Waals surface area contributed by atoms with E-state index < -0.39 is 0 Å². The molecule has 3 heterocycles. The third-order valence-electron chi connectivity index (χ3n) is 5.17. The van der Waals surface area contributed by atoms with Crippen molar-refractivity contribution < 1.29 is 4.74 Å². The van der Waals surface area contributed by atoms with Crippen LogP contribution in [-0.4, -0.2) is 41.2 Å². The van der Waals surface area contributed by atoms with E-state index in [1.165, 1.54) is 49.9 Å². The number of aromatic nitrogens is 2. The van der Waals surface area contributed by atoms with Gasteiger partial charge in [0, 0.05) is 19.8 Å². The zero-order chi connectivity index (χ0) is 14.9. The van der Waals surface area contributed by atoms with Gasteiger partial charge in [-0.15, -0.1) is 0 Å².